The first-order valence-corrected chi connectivity index (χ1v) is 6.30. The van der Waals surface area contributed by atoms with E-state index in [0.29, 0.717) is 13.0 Å². The van der Waals surface area contributed by atoms with E-state index in [2.05, 4.69) is 5.32 Å². The smallest absolute Gasteiger partial charge is 0.246 e. The normalized spacial score (nSPS) is 26.3. The number of rotatable bonds is 5. The van der Waals surface area contributed by atoms with Crippen LogP contribution in [0.2, 0.25) is 0 Å². The first-order valence-electron chi connectivity index (χ1n) is 6.30. The molecule has 0 aromatic heterocycles. The number of amides is 2. The van der Waals surface area contributed by atoms with Gasteiger partial charge in [-0.1, -0.05) is 19.3 Å². The number of carbonyl (C=O) groups is 2. The van der Waals surface area contributed by atoms with Crippen molar-refractivity contribution < 1.29 is 9.59 Å². The summed E-state index contributed by atoms with van der Waals surface area (Å²) in [5, 5.41) is 3.21. The number of likely N-dealkylation sites (tertiary alicyclic amines) is 1. The third-order valence-corrected chi connectivity index (χ3v) is 3.73. The first-order chi connectivity index (χ1) is 7.72. The second-order valence-electron chi connectivity index (χ2n) is 4.77. The highest BCUT2D eigenvalue weighted by Crippen LogP contribution is 2.28. The summed E-state index contributed by atoms with van der Waals surface area (Å²) in [7, 11) is 0. The van der Waals surface area contributed by atoms with Crippen LogP contribution in [0, 0.1) is 5.92 Å². The van der Waals surface area contributed by atoms with E-state index in [-0.39, 0.29) is 17.9 Å². The van der Waals surface area contributed by atoms with Gasteiger partial charge in [-0.15, -0.1) is 0 Å². The van der Waals surface area contributed by atoms with Crippen LogP contribution in [0.25, 0.3) is 0 Å². The molecule has 2 fully saturated rings. The summed E-state index contributed by atoms with van der Waals surface area (Å²) >= 11 is 0. The largest absolute Gasteiger partial charge is 0.305 e. The van der Waals surface area contributed by atoms with E-state index in [1.165, 1.54) is 24.2 Å². The molecule has 16 heavy (non-hydrogen) atoms. The average molecular weight is 224 g/mol. The second kappa shape index (κ2) is 4.95. The molecule has 1 atom stereocenters. The maximum Gasteiger partial charge on any atom is 0.246 e. The molecule has 0 spiro atoms. The Labute approximate surface area is 96.4 Å². The SMILES string of the molecule is CCN1C(=O)CC(NCCC2CCC2)C1=O. The quantitative estimate of drug-likeness (QED) is 0.706. The fourth-order valence-electron chi connectivity index (χ4n) is 2.42. The molecule has 0 radical (unpaired) electrons. The van der Waals surface area contributed by atoms with Crippen LogP contribution in [0.3, 0.4) is 0 Å². The van der Waals surface area contributed by atoms with E-state index in [1.54, 1.807) is 0 Å². The molecule has 1 N–H and O–H groups in total. The third-order valence-electron chi connectivity index (χ3n) is 3.73. The van der Waals surface area contributed by atoms with Crippen molar-refractivity contribution >= 4 is 11.8 Å². The zero-order valence-corrected chi connectivity index (χ0v) is 9.87. The predicted molar refractivity (Wildman–Crippen MR) is 60.8 cm³/mol. The summed E-state index contributed by atoms with van der Waals surface area (Å²) in [5.41, 5.74) is 0. The van der Waals surface area contributed by atoms with Crippen LogP contribution in [0.1, 0.15) is 39.0 Å². The summed E-state index contributed by atoms with van der Waals surface area (Å²) in [5.74, 6) is 0.775. The minimum absolute atomic E-state index is 0.0337. The lowest BCUT2D eigenvalue weighted by molar-refractivity contribution is -0.138. The molecule has 90 valence electrons. The van der Waals surface area contributed by atoms with Crippen LogP contribution in [-0.2, 0) is 9.59 Å². The van der Waals surface area contributed by atoms with E-state index in [4.69, 9.17) is 0 Å². The number of carbonyl (C=O) groups excluding carboxylic acids is 2. The molecule has 1 heterocycles. The zero-order chi connectivity index (χ0) is 11.5. The van der Waals surface area contributed by atoms with Gasteiger partial charge in [-0.25, -0.2) is 0 Å². The maximum atomic E-state index is 11.7. The Bertz CT molecular complexity index is 287. The summed E-state index contributed by atoms with van der Waals surface area (Å²) in [4.78, 5) is 24.6. The molecule has 0 aromatic rings. The fraction of sp³-hybridized carbons (Fsp3) is 0.833. The second-order valence-corrected chi connectivity index (χ2v) is 4.77. The van der Waals surface area contributed by atoms with Crippen LogP contribution in [0.15, 0.2) is 0 Å². The molecule has 2 rings (SSSR count). The monoisotopic (exact) mass is 224 g/mol. The van der Waals surface area contributed by atoms with Gasteiger partial charge in [0.15, 0.2) is 0 Å². The minimum atomic E-state index is -0.257. The molecule has 2 aliphatic rings. The van der Waals surface area contributed by atoms with E-state index < -0.39 is 0 Å². The Morgan fingerprint density at radius 2 is 2.12 bits per heavy atom. The molecular formula is C12H20N2O2. The molecule has 1 saturated carbocycles. The molecule has 2 amide bonds. The van der Waals surface area contributed by atoms with Gasteiger partial charge in [-0.05, 0) is 25.8 Å². The molecule has 1 aliphatic carbocycles. The lowest BCUT2D eigenvalue weighted by Crippen LogP contribution is -2.39. The van der Waals surface area contributed by atoms with Gasteiger partial charge in [-0.2, -0.15) is 0 Å². The van der Waals surface area contributed by atoms with Gasteiger partial charge in [0, 0.05) is 6.54 Å². The van der Waals surface area contributed by atoms with Crippen molar-refractivity contribution in [1.29, 1.82) is 0 Å². The van der Waals surface area contributed by atoms with Crippen LogP contribution < -0.4 is 5.32 Å². The number of hydrogen-bond acceptors (Lipinski definition) is 3. The van der Waals surface area contributed by atoms with E-state index in [9.17, 15) is 9.59 Å². The van der Waals surface area contributed by atoms with Gasteiger partial charge in [0.05, 0.1) is 12.5 Å². The van der Waals surface area contributed by atoms with Crippen molar-refractivity contribution in [2.45, 2.75) is 45.1 Å². The summed E-state index contributed by atoms with van der Waals surface area (Å²) < 4.78 is 0. The molecule has 0 aromatic carbocycles. The molecule has 4 heteroatoms. The van der Waals surface area contributed by atoms with Gasteiger partial charge >= 0.3 is 0 Å². The van der Waals surface area contributed by atoms with Crippen LogP contribution in [0.5, 0.6) is 0 Å². The van der Waals surface area contributed by atoms with E-state index in [0.717, 1.165) is 18.9 Å². The Balaban J connectivity index is 1.73. The number of nitrogens with zero attached hydrogens (tertiary/aromatic N) is 1. The topological polar surface area (TPSA) is 49.4 Å². The zero-order valence-electron chi connectivity index (χ0n) is 9.87. The highest BCUT2D eigenvalue weighted by Gasteiger charge is 2.37. The maximum absolute atomic E-state index is 11.7. The fourth-order valence-corrected chi connectivity index (χ4v) is 2.42. The van der Waals surface area contributed by atoms with Crippen LogP contribution in [0.4, 0.5) is 0 Å². The Kier molecular flexibility index (Phi) is 3.59. The van der Waals surface area contributed by atoms with Crippen molar-refractivity contribution in [3.8, 4) is 0 Å². The van der Waals surface area contributed by atoms with Gasteiger partial charge in [0.2, 0.25) is 11.8 Å². The summed E-state index contributed by atoms with van der Waals surface area (Å²) in [6, 6.07) is -0.257. The number of nitrogens with one attached hydrogen (secondary N) is 1. The minimum Gasteiger partial charge on any atom is -0.305 e. The lowest BCUT2D eigenvalue weighted by atomic mass is 9.83. The number of imide groups is 1. The van der Waals surface area contributed by atoms with Crippen LogP contribution in [-0.4, -0.2) is 35.8 Å². The van der Waals surface area contributed by atoms with Gasteiger partial charge in [-0.3, -0.25) is 14.5 Å². The van der Waals surface area contributed by atoms with Crippen molar-refractivity contribution in [2.75, 3.05) is 13.1 Å². The van der Waals surface area contributed by atoms with Gasteiger partial charge in [0.1, 0.15) is 0 Å². The summed E-state index contributed by atoms with van der Waals surface area (Å²) in [6.45, 7) is 3.21. The average Bonchev–Trinajstić information content (AvgIpc) is 2.46. The Morgan fingerprint density at radius 3 is 2.62 bits per heavy atom. The molecule has 1 unspecified atom stereocenters. The van der Waals surface area contributed by atoms with Crippen LogP contribution >= 0.6 is 0 Å². The van der Waals surface area contributed by atoms with Crippen molar-refractivity contribution in [3.63, 3.8) is 0 Å². The molecular weight excluding hydrogens is 204 g/mol. The molecule has 1 aliphatic heterocycles. The first kappa shape index (κ1) is 11.6. The predicted octanol–water partition coefficient (Wildman–Crippen LogP) is 0.914. The number of hydrogen-bond donors (Lipinski definition) is 1. The highest BCUT2D eigenvalue weighted by molar-refractivity contribution is 6.05. The summed E-state index contributed by atoms with van der Waals surface area (Å²) in [6.07, 6.45) is 5.51. The molecule has 4 nitrogen and oxygen atoms in total. The van der Waals surface area contributed by atoms with E-state index >= 15 is 0 Å². The standard InChI is InChI=1S/C12H20N2O2/c1-2-14-11(15)8-10(12(14)16)13-7-6-9-4-3-5-9/h9-10,13H,2-8H2,1H3. The third kappa shape index (κ3) is 2.26. The van der Waals surface area contributed by atoms with Crippen molar-refractivity contribution in [1.82, 2.24) is 10.2 Å². The Hall–Kier alpha value is -0.900. The van der Waals surface area contributed by atoms with Gasteiger partial charge in [0.25, 0.3) is 0 Å². The Morgan fingerprint density at radius 1 is 1.38 bits per heavy atom. The highest BCUT2D eigenvalue weighted by atomic mass is 16.2. The van der Waals surface area contributed by atoms with Gasteiger partial charge < -0.3 is 5.32 Å². The van der Waals surface area contributed by atoms with Crippen molar-refractivity contribution in [2.24, 2.45) is 5.92 Å². The van der Waals surface area contributed by atoms with E-state index in [1.807, 2.05) is 6.92 Å². The number of likely N-dealkylation sites (N-methyl/N-ethyl adjacent to an activating group) is 1. The molecule has 1 saturated heterocycles. The lowest BCUT2D eigenvalue weighted by Gasteiger charge is -2.25. The molecule has 0 bridgehead atoms. The van der Waals surface area contributed by atoms with Crippen molar-refractivity contribution in [3.05, 3.63) is 0 Å².